The number of carbonyl (C=O) groups excluding carboxylic acids is 4. The molecule has 1 unspecified atom stereocenters. The zero-order chi connectivity index (χ0) is 22.2. The molecule has 1 atom stereocenters. The van der Waals surface area contributed by atoms with Gasteiger partial charge in [0.15, 0.2) is 5.78 Å². The van der Waals surface area contributed by atoms with Crippen LogP contribution in [0.1, 0.15) is 53.8 Å². The normalized spacial score (nSPS) is 16.2. The lowest BCUT2D eigenvalue weighted by molar-refractivity contribution is -0.122. The summed E-state index contributed by atoms with van der Waals surface area (Å²) in [7, 11) is 0. The molecule has 0 aliphatic carbocycles. The van der Waals surface area contributed by atoms with Crippen molar-refractivity contribution in [2.45, 2.75) is 51.1 Å². The first-order valence-corrected chi connectivity index (χ1v) is 11.3. The van der Waals surface area contributed by atoms with Crippen LogP contribution in [-0.4, -0.2) is 40.9 Å². The molecular weight excluding hydrogens is 414 g/mol. The number of Topliss-reactive ketones (excluding diaryl/α,β-unsaturated/α-hetero) is 2. The molecule has 0 spiro atoms. The third-order valence-corrected chi connectivity index (χ3v) is 6.33. The quantitative estimate of drug-likeness (QED) is 0.521. The molecule has 8 heteroatoms. The molecule has 2 aromatic rings. The van der Waals surface area contributed by atoms with E-state index in [0.717, 1.165) is 24.9 Å². The minimum Gasteiger partial charge on any atom is -0.368 e. The SMILES string of the molecule is NC(=O)C1CCCN1Cc1ccccc1NC(=O)CCC(=O)CCC(=O)c1cccs1. The Morgan fingerprint density at radius 3 is 2.55 bits per heavy atom. The number of ketones is 2. The number of hydrogen-bond donors (Lipinski definition) is 2. The molecule has 0 bridgehead atoms. The number of anilines is 1. The summed E-state index contributed by atoms with van der Waals surface area (Å²) in [5, 5.41) is 4.70. The van der Waals surface area contributed by atoms with Gasteiger partial charge in [-0.25, -0.2) is 0 Å². The molecule has 31 heavy (non-hydrogen) atoms. The summed E-state index contributed by atoms with van der Waals surface area (Å²) >= 11 is 1.36. The highest BCUT2D eigenvalue weighted by molar-refractivity contribution is 7.12. The van der Waals surface area contributed by atoms with E-state index in [9.17, 15) is 19.2 Å². The number of amides is 2. The second-order valence-electron chi connectivity index (χ2n) is 7.68. The van der Waals surface area contributed by atoms with Gasteiger partial charge < -0.3 is 11.1 Å². The van der Waals surface area contributed by atoms with Crippen LogP contribution in [0.15, 0.2) is 41.8 Å². The lowest BCUT2D eigenvalue weighted by atomic mass is 10.1. The van der Waals surface area contributed by atoms with Gasteiger partial charge in [0.25, 0.3) is 0 Å². The largest absolute Gasteiger partial charge is 0.368 e. The Morgan fingerprint density at radius 2 is 1.81 bits per heavy atom. The van der Waals surface area contributed by atoms with E-state index in [1.54, 1.807) is 12.1 Å². The van der Waals surface area contributed by atoms with Crippen LogP contribution in [0.4, 0.5) is 5.69 Å². The van der Waals surface area contributed by atoms with Gasteiger partial charge in [0, 0.05) is 37.9 Å². The van der Waals surface area contributed by atoms with Crippen molar-refractivity contribution < 1.29 is 19.2 Å². The molecule has 0 saturated carbocycles. The molecule has 1 aliphatic rings. The maximum Gasteiger partial charge on any atom is 0.234 e. The van der Waals surface area contributed by atoms with Crippen molar-refractivity contribution >= 4 is 40.4 Å². The van der Waals surface area contributed by atoms with Gasteiger partial charge in [-0.15, -0.1) is 11.3 Å². The van der Waals surface area contributed by atoms with Crippen molar-refractivity contribution in [3.05, 3.63) is 52.2 Å². The van der Waals surface area contributed by atoms with Gasteiger partial charge in [-0.05, 0) is 42.5 Å². The van der Waals surface area contributed by atoms with E-state index in [4.69, 9.17) is 5.73 Å². The third-order valence-electron chi connectivity index (χ3n) is 5.41. The molecule has 1 aliphatic heterocycles. The van der Waals surface area contributed by atoms with Gasteiger partial charge in [-0.2, -0.15) is 0 Å². The van der Waals surface area contributed by atoms with Crippen LogP contribution in [0.2, 0.25) is 0 Å². The first kappa shape index (κ1) is 22.8. The number of primary amides is 1. The number of thiophene rings is 1. The minimum atomic E-state index is -0.324. The molecule has 3 rings (SSSR count). The lowest BCUT2D eigenvalue weighted by Crippen LogP contribution is -2.39. The number of rotatable bonds is 11. The lowest BCUT2D eigenvalue weighted by Gasteiger charge is -2.23. The average molecular weight is 442 g/mol. The van der Waals surface area contributed by atoms with E-state index in [1.165, 1.54) is 11.3 Å². The Bertz CT molecular complexity index is 942. The summed E-state index contributed by atoms with van der Waals surface area (Å²) in [6.07, 6.45) is 2.14. The van der Waals surface area contributed by atoms with Crippen LogP contribution in [0.25, 0.3) is 0 Å². The number of likely N-dealkylation sites (tertiary alicyclic amines) is 1. The number of nitrogens with one attached hydrogen (secondary N) is 1. The Hall–Kier alpha value is -2.84. The van der Waals surface area contributed by atoms with E-state index in [1.807, 2.05) is 34.5 Å². The molecule has 0 radical (unpaired) electrons. The molecule has 2 amide bonds. The van der Waals surface area contributed by atoms with Crippen molar-refractivity contribution in [1.82, 2.24) is 4.90 Å². The highest BCUT2D eigenvalue weighted by atomic mass is 32.1. The van der Waals surface area contributed by atoms with Gasteiger partial charge in [0.2, 0.25) is 11.8 Å². The minimum absolute atomic E-state index is 0.0436. The number of hydrogen-bond acceptors (Lipinski definition) is 6. The molecule has 1 aromatic carbocycles. The molecule has 2 heterocycles. The molecular formula is C23H27N3O4S. The summed E-state index contributed by atoms with van der Waals surface area (Å²) in [5.41, 5.74) is 7.07. The fraction of sp³-hybridized carbons (Fsp3) is 0.391. The zero-order valence-corrected chi connectivity index (χ0v) is 18.2. The van der Waals surface area contributed by atoms with Gasteiger partial charge in [-0.1, -0.05) is 24.3 Å². The number of nitrogens with zero attached hydrogens (tertiary/aromatic N) is 1. The van der Waals surface area contributed by atoms with Crippen molar-refractivity contribution in [3.8, 4) is 0 Å². The fourth-order valence-electron chi connectivity index (χ4n) is 3.74. The predicted octanol–water partition coefficient (Wildman–Crippen LogP) is 3.15. The first-order chi connectivity index (χ1) is 14.9. The number of benzene rings is 1. The first-order valence-electron chi connectivity index (χ1n) is 10.4. The topological polar surface area (TPSA) is 110 Å². The van der Waals surface area contributed by atoms with Crippen molar-refractivity contribution in [2.24, 2.45) is 5.73 Å². The summed E-state index contributed by atoms with van der Waals surface area (Å²) in [6.45, 7) is 1.31. The average Bonchev–Trinajstić information content (AvgIpc) is 3.44. The smallest absolute Gasteiger partial charge is 0.234 e. The fourth-order valence-corrected chi connectivity index (χ4v) is 4.43. The number of carbonyl (C=O) groups is 4. The van der Waals surface area contributed by atoms with Gasteiger partial charge in [-0.3, -0.25) is 24.1 Å². The second kappa shape index (κ2) is 11.0. The van der Waals surface area contributed by atoms with E-state index >= 15 is 0 Å². The Balaban J connectivity index is 1.47. The number of para-hydroxylation sites is 1. The predicted molar refractivity (Wildman–Crippen MR) is 120 cm³/mol. The highest BCUT2D eigenvalue weighted by Crippen LogP contribution is 2.24. The van der Waals surface area contributed by atoms with E-state index in [-0.39, 0.29) is 55.1 Å². The summed E-state index contributed by atoms with van der Waals surface area (Å²) in [4.78, 5) is 50.8. The summed E-state index contributed by atoms with van der Waals surface area (Å²) in [6, 6.07) is 10.7. The Morgan fingerprint density at radius 1 is 1.03 bits per heavy atom. The monoisotopic (exact) mass is 441 g/mol. The number of nitrogens with two attached hydrogens (primary N) is 1. The standard InChI is InChI=1S/C23H27N3O4S/c24-23(30)19-7-3-13-26(19)15-16-5-1-2-6-18(16)25-22(29)12-10-17(27)9-11-20(28)21-8-4-14-31-21/h1-2,4-6,8,14,19H,3,7,9-13,15H2,(H2,24,30)(H,25,29). The maximum atomic E-state index is 12.4. The van der Waals surface area contributed by atoms with Gasteiger partial charge in [0.05, 0.1) is 10.9 Å². The zero-order valence-electron chi connectivity index (χ0n) is 17.3. The molecule has 1 aromatic heterocycles. The third kappa shape index (κ3) is 6.57. The highest BCUT2D eigenvalue weighted by Gasteiger charge is 2.29. The van der Waals surface area contributed by atoms with Crippen LogP contribution in [0.3, 0.4) is 0 Å². The van der Waals surface area contributed by atoms with E-state index in [2.05, 4.69) is 5.32 Å². The van der Waals surface area contributed by atoms with Crippen LogP contribution in [-0.2, 0) is 20.9 Å². The van der Waals surface area contributed by atoms with Crippen molar-refractivity contribution in [1.29, 1.82) is 0 Å². The second-order valence-corrected chi connectivity index (χ2v) is 8.62. The molecule has 7 nitrogen and oxygen atoms in total. The molecule has 164 valence electrons. The van der Waals surface area contributed by atoms with E-state index < -0.39 is 0 Å². The van der Waals surface area contributed by atoms with Crippen LogP contribution in [0.5, 0.6) is 0 Å². The van der Waals surface area contributed by atoms with Gasteiger partial charge in [0.1, 0.15) is 5.78 Å². The van der Waals surface area contributed by atoms with Crippen molar-refractivity contribution in [3.63, 3.8) is 0 Å². The molecule has 3 N–H and O–H groups in total. The maximum absolute atomic E-state index is 12.4. The summed E-state index contributed by atoms with van der Waals surface area (Å²) in [5.74, 6) is -0.721. The van der Waals surface area contributed by atoms with Crippen LogP contribution < -0.4 is 11.1 Å². The Labute approximate surface area is 185 Å². The molecule has 1 saturated heterocycles. The van der Waals surface area contributed by atoms with E-state index in [0.29, 0.717) is 17.1 Å². The Kier molecular flexibility index (Phi) is 8.08. The van der Waals surface area contributed by atoms with Crippen LogP contribution in [0, 0.1) is 0 Å². The van der Waals surface area contributed by atoms with Gasteiger partial charge >= 0.3 is 0 Å². The van der Waals surface area contributed by atoms with Crippen LogP contribution >= 0.6 is 11.3 Å². The molecule has 1 fully saturated rings. The summed E-state index contributed by atoms with van der Waals surface area (Å²) < 4.78 is 0. The van der Waals surface area contributed by atoms with Crippen molar-refractivity contribution in [2.75, 3.05) is 11.9 Å².